The van der Waals surface area contributed by atoms with Crippen molar-refractivity contribution < 1.29 is 114 Å². The number of hydrogen-bond donors (Lipinski definition) is 9. The average Bonchev–Trinajstić information content (AvgIpc) is 0.850. The van der Waals surface area contributed by atoms with Gasteiger partial charge in [-0.2, -0.15) is 0 Å². The van der Waals surface area contributed by atoms with Gasteiger partial charge in [0.2, 0.25) is 11.8 Å². The Bertz CT molecular complexity index is 3080. The summed E-state index contributed by atoms with van der Waals surface area (Å²) in [5.41, 5.74) is 9.13. The van der Waals surface area contributed by atoms with E-state index in [1.54, 1.807) is 103 Å². The van der Waals surface area contributed by atoms with Crippen molar-refractivity contribution in [2.24, 2.45) is 5.73 Å². The summed E-state index contributed by atoms with van der Waals surface area (Å²) in [6.45, 7) is 21.0. The van der Waals surface area contributed by atoms with Crippen LogP contribution in [0.3, 0.4) is 0 Å². The first kappa shape index (κ1) is 89.4. The minimum absolute atomic E-state index is 0.0756. The maximum atomic E-state index is 13.5. The van der Waals surface area contributed by atoms with E-state index in [2.05, 4.69) is 37.2 Å². The number of carbonyl (C=O) groups excluding carboxylic acids is 6. The van der Waals surface area contributed by atoms with Gasteiger partial charge in [0, 0.05) is 49.4 Å². The molecule has 105 heavy (non-hydrogen) atoms. The molecule has 0 fully saturated rings. The van der Waals surface area contributed by atoms with Gasteiger partial charge in [0.1, 0.15) is 17.2 Å². The average molecular weight is 1480 g/mol. The second-order valence-corrected chi connectivity index (χ2v) is 25.0. The lowest BCUT2D eigenvalue weighted by atomic mass is 9.99. The minimum Gasteiger partial charge on any atom is -0.478 e. The molecule has 0 aliphatic heterocycles. The molecule has 32 heteroatoms. The summed E-state index contributed by atoms with van der Waals surface area (Å²) in [6.07, 6.45) is -0.546. The van der Waals surface area contributed by atoms with Crippen molar-refractivity contribution in [1.29, 1.82) is 0 Å². The van der Waals surface area contributed by atoms with E-state index in [0.717, 1.165) is 0 Å². The fraction of sp³-hybridized carbons (Fsp3) is 0.575. The van der Waals surface area contributed by atoms with Gasteiger partial charge in [0.25, 0.3) is 0 Å². The van der Waals surface area contributed by atoms with Crippen LogP contribution in [0.5, 0.6) is 0 Å². The summed E-state index contributed by atoms with van der Waals surface area (Å²) in [6, 6.07) is 21.0. The minimum atomic E-state index is -1.09. The maximum absolute atomic E-state index is 13.5. The lowest BCUT2D eigenvalue weighted by molar-refractivity contribution is -0.118. The number of urea groups is 2. The number of carboxylic acid groups (broad SMARTS) is 1. The first-order chi connectivity index (χ1) is 50.6. The number of nitrogens with two attached hydrogens (primary N) is 1. The van der Waals surface area contributed by atoms with Crippen LogP contribution in [0.2, 0.25) is 0 Å². The molecule has 0 saturated carbocycles. The normalized spacial score (nSPS) is 12.0. The lowest BCUT2D eigenvalue weighted by Gasteiger charge is -2.23. The molecule has 4 aromatic carbocycles. The highest BCUT2D eigenvalue weighted by Gasteiger charge is 2.26. The number of aromatic carboxylic acids is 1. The number of hydrogen-bond acceptors (Lipinski definition) is 24. The Balaban J connectivity index is 1.00. The van der Waals surface area contributed by atoms with Crippen molar-refractivity contribution in [1.82, 2.24) is 16.0 Å². The number of esters is 1. The van der Waals surface area contributed by atoms with E-state index in [1.165, 1.54) is 36.4 Å². The Morgan fingerprint density at radius 3 is 1.15 bits per heavy atom. The fourth-order valence-corrected chi connectivity index (χ4v) is 8.84. The number of ether oxygens (including phenoxy) is 16. The third-order valence-electron chi connectivity index (χ3n) is 13.9. The van der Waals surface area contributed by atoms with E-state index in [1.807, 2.05) is 0 Å². The molecule has 0 heterocycles. The molecule has 0 aliphatic carbocycles. The Morgan fingerprint density at radius 2 is 0.743 bits per heavy atom. The Morgan fingerprint density at radius 1 is 0.390 bits per heavy atom. The van der Waals surface area contributed by atoms with Crippen molar-refractivity contribution in [3.63, 3.8) is 0 Å². The van der Waals surface area contributed by atoms with E-state index in [4.69, 9.17) is 81.5 Å². The molecule has 0 unspecified atom stereocenters. The third-order valence-corrected chi connectivity index (χ3v) is 13.9. The van der Waals surface area contributed by atoms with Crippen LogP contribution >= 0.6 is 0 Å². The molecule has 32 nitrogen and oxygen atoms in total. The van der Waals surface area contributed by atoms with Gasteiger partial charge in [-0.15, -0.1) is 0 Å². The topological polar surface area (TPSA) is 398 Å². The second-order valence-electron chi connectivity index (χ2n) is 25.0. The van der Waals surface area contributed by atoms with Crippen molar-refractivity contribution in [2.75, 3.05) is 213 Å². The van der Waals surface area contributed by atoms with Gasteiger partial charge in [-0.25, -0.2) is 24.0 Å². The highest BCUT2D eigenvalue weighted by molar-refractivity contribution is 5.98. The summed E-state index contributed by atoms with van der Waals surface area (Å²) in [5.74, 6) is -2.58. The third kappa shape index (κ3) is 44.5. The second kappa shape index (κ2) is 53.7. The number of carbonyl (C=O) groups is 7. The van der Waals surface area contributed by atoms with Crippen LogP contribution in [0.4, 0.5) is 37.1 Å². The van der Waals surface area contributed by atoms with Gasteiger partial charge >= 0.3 is 30.1 Å². The van der Waals surface area contributed by atoms with E-state index in [-0.39, 0.29) is 64.5 Å². The van der Waals surface area contributed by atoms with Crippen LogP contribution in [0.25, 0.3) is 0 Å². The van der Waals surface area contributed by atoms with E-state index in [0.29, 0.717) is 190 Å². The first-order valence-corrected chi connectivity index (χ1v) is 34.9. The molecule has 4 aromatic rings. The quantitative estimate of drug-likeness (QED) is 0.0175. The fourth-order valence-electron chi connectivity index (χ4n) is 8.84. The van der Waals surface area contributed by atoms with Crippen molar-refractivity contribution in [3.8, 4) is 0 Å². The van der Waals surface area contributed by atoms with Crippen molar-refractivity contribution in [2.45, 2.75) is 84.3 Å². The monoisotopic (exact) mass is 1480 g/mol. The van der Waals surface area contributed by atoms with Gasteiger partial charge in [-0.05, 0) is 137 Å². The summed E-state index contributed by atoms with van der Waals surface area (Å²) in [7, 11) is 1.62. The smallest absolute Gasteiger partial charge is 0.408 e. The van der Waals surface area contributed by atoms with Crippen LogP contribution < -0.4 is 43.0 Å². The van der Waals surface area contributed by atoms with Crippen LogP contribution in [0.1, 0.15) is 78.9 Å². The van der Waals surface area contributed by atoms with Crippen molar-refractivity contribution in [3.05, 3.63) is 119 Å². The van der Waals surface area contributed by atoms with E-state index in [9.17, 15) is 38.7 Å². The molecule has 0 spiro atoms. The number of alkyl carbamates (subject to hydrolysis) is 1. The van der Waals surface area contributed by atoms with E-state index >= 15 is 0 Å². The summed E-state index contributed by atoms with van der Waals surface area (Å²) in [4.78, 5) is 88.6. The number of benzene rings is 4. The van der Waals surface area contributed by atoms with Gasteiger partial charge in [0.15, 0.2) is 0 Å². The molecule has 0 radical (unpaired) electrons. The number of carboxylic acids is 1. The Labute approximate surface area is 614 Å². The largest absolute Gasteiger partial charge is 0.478 e. The summed E-state index contributed by atoms with van der Waals surface area (Å²) in [5, 5.41) is 28.5. The predicted molar refractivity (Wildman–Crippen MR) is 389 cm³/mol. The molecule has 0 aliphatic rings. The van der Waals surface area contributed by atoms with Gasteiger partial charge < -0.3 is 124 Å². The molecular formula is C73H110N8O24. The predicted octanol–water partition coefficient (Wildman–Crippen LogP) is 6.23. The Hall–Kier alpha value is -8.03. The van der Waals surface area contributed by atoms with Gasteiger partial charge in [-0.3, -0.25) is 9.59 Å². The maximum Gasteiger partial charge on any atom is 0.408 e. The SMILES string of the molecule is COCCOCCOCCOCCOCCOCCOCCNC(=O)Nc1ccc(C[C@H](N)C(=O)Nc2ccc(C(=O)O)cc2)c(COCCOCCOCCOCCOCCOCCOCCNC(=O)Nc2ccc(C[C@H](NC(=O)OC(C)(C)C)C(=O)Nc3ccc(C(=O)OC(C)(C)C)cc3)cc2)c1. The van der Waals surface area contributed by atoms with Gasteiger partial charge in [-0.1, -0.05) is 18.2 Å². The van der Waals surface area contributed by atoms with Crippen molar-refractivity contribution >= 4 is 64.7 Å². The summed E-state index contributed by atoms with van der Waals surface area (Å²) >= 11 is 0. The number of methoxy groups -OCH3 is 1. The van der Waals surface area contributed by atoms with E-state index < -0.39 is 65.2 Å². The zero-order chi connectivity index (χ0) is 76.2. The zero-order valence-corrected chi connectivity index (χ0v) is 61.6. The van der Waals surface area contributed by atoms with Gasteiger partial charge in [0.05, 0.1) is 196 Å². The molecule has 2 atom stereocenters. The molecule has 0 bridgehead atoms. The molecule has 10 N–H and O–H groups in total. The van der Waals surface area contributed by atoms with Crippen LogP contribution in [-0.4, -0.2) is 262 Å². The number of nitrogens with one attached hydrogen (secondary N) is 7. The highest BCUT2D eigenvalue weighted by atomic mass is 16.6. The van der Waals surface area contributed by atoms with Crippen LogP contribution in [0, 0.1) is 0 Å². The number of anilines is 4. The Kier molecular flexibility index (Phi) is 45.7. The lowest BCUT2D eigenvalue weighted by Crippen LogP contribution is -2.47. The summed E-state index contributed by atoms with van der Waals surface area (Å²) < 4.78 is 88.2. The molecule has 0 aromatic heterocycles. The van der Waals surface area contributed by atoms with Crippen LogP contribution in [-0.2, 0) is 105 Å². The van der Waals surface area contributed by atoms with Crippen LogP contribution in [0.15, 0.2) is 91.0 Å². The standard InChI is InChI=1S/C73H110N8O24/c1-72(2,3)104-68(86)56-12-19-60(20-13-56)78-66(83)64(81-71(89)105-73(4,5)6)50-54-8-15-61(16-9-54)79-69(87)75-22-24-91-28-30-94-34-36-98-41-43-100-44-45-101-46-47-102-48-49-103-53-58-51-62(21-14-57(58)52-63(74)65(82)77-59-17-10-55(11-18-59)67(84)85)80-70(88)76-23-25-92-29-31-95-35-37-97-40-42-99-39-38-96-33-32-93-27-26-90-7/h8-21,51,63-64H,22-50,52-53,74H2,1-7H3,(H,77,82)(H,78,83)(H,81,89)(H,84,85)(H2,75,79,87)(H2,76,80,88)/t63-,64-/m0/s1. The molecule has 4 rings (SSSR count). The highest BCUT2D eigenvalue weighted by Crippen LogP contribution is 2.21. The molecule has 586 valence electrons. The molecule has 7 amide bonds. The first-order valence-electron chi connectivity index (χ1n) is 34.9. The molecule has 0 saturated heterocycles. The number of amides is 7. The molecular weight excluding hydrogens is 1370 g/mol. The zero-order valence-electron chi connectivity index (χ0n) is 61.6. The number of rotatable bonds is 57.